The quantitative estimate of drug-likeness (QED) is 0.638. The Labute approximate surface area is 163 Å². The molecule has 3 aliphatic rings. The second-order valence-electron chi connectivity index (χ2n) is 12.8. The first-order chi connectivity index (χ1) is 11.8. The van der Waals surface area contributed by atoms with Crippen LogP contribution in [0.25, 0.3) is 0 Å². The van der Waals surface area contributed by atoms with E-state index in [1.165, 1.54) is 51.4 Å². The van der Waals surface area contributed by atoms with E-state index in [-0.39, 0.29) is 0 Å². The van der Waals surface area contributed by atoms with E-state index >= 15 is 0 Å². The highest BCUT2D eigenvalue weighted by Gasteiger charge is 2.44. The summed E-state index contributed by atoms with van der Waals surface area (Å²) in [5.41, 5.74) is 1.19. The zero-order chi connectivity index (χ0) is 19.4. The van der Waals surface area contributed by atoms with Crippen LogP contribution in [-0.2, 0) is 0 Å². The Morgan fingerprint density at radius 2 is 0.654 bits per heavy atom. The fraction of sp³-hybridized carbons (Fsp3) is 1.00. The molecule has 26 heavy (non-hydrogen) atoms. The molecule has 2 heterocycles. The summed E-state index contributed by atoms with van der Waals surface area (Å²) < 4.78 is 0. The van der Waals surface area contributed by atoms with Crippen LogP contribution in [0.3, 0.4) is 0 Å². The van der Waals surface area contributed by atoms with Crippen LogP contribution in [0.5, 0.6) is 0 Å². The molecule has 0 aromatic heterocycles. The molecule has 1 aliphatic carbocycles. The molecule has 2 aliphatic heterocycles. The third-order valence-corrected chi connectivity index (χ3v) is 7.59. The number of piperidine rings is 2. The molecule has 0 bridgehead atoms. The van der Waals surface area contributed by atoms with Crippen LogP contribution in [0.4, 0.5) is 0 Å². The monoisotopic (exact) mass is 362 g/mol. The minimum Gasteiger partial charge on any atom is -0.307 e. The van der Waals surface area contributed by atoms with Crippen LogP contribution in [-0.4, -0.2) is 22.2 Å². The average molecular weight is 363 g/mol. The molecular weight excluding hydrogens is 316 g/mol. The fourth-order valence-corrected chi connectivity index (χ4v) is 7.56. The van der Waals surface area contributed by atoms with Gasteiger partial charge < -0.3 is 10.6 Å². The Kier molecular flexibility index (Phi) is 5.37. The topological polar surface area (TPSA) is 24.1 Å². The number of rotatable bonds is 2. The van der Waals surface area contributed by atoms with Gasteiger partial charge in [0.2, 0.25) is 0 Å². The first-order valence-electron chi connectivity index (χ1n) is 11.3. The van der Waals surface area contributed by atoms with Crippen molar-refractivity contribution < 1.29 is 0 Å². The van der Waals surface area contributed by atoms with Gasteiger partial charge in [-0.3, -0.25) is 0 Å². The minimum atomic E-state index is 0.298. The maximum absolute atomic E-state index is 3.87. The molecule has 0 aromatic rings. The van der Waals surface area contributed by atoms with Crippen LogP contribution in [0, 0.1) is 23.7 Å². The van der Waals surface area contributed by atoms with Crippen molar-refractivity contribution in [2.45, 2.75) is 129 Å². The van der Waals surface area contributed by atoms with Crippen LogP contribution in [0.15, 0.2) is 0 Å². The molecule has 2 saturated heterocycles. The predicted octanol–water partition coefficient (Wildman–Crippen LogP) is 5.91. The van der Waals surface area contributed by atoms with Gasteiger partial charge in [-0.2, -0.15) is 0 Å². The van der Waals surface area contributed by atoms with Crippen molar-refractivity contribution in [3.05, 3.63) is 0 Å². The van der Waals surface area contributed by atoms with Crippen LogP contribution < -0.4 is 10.6 Å². The smallest absolute Gasteiger partial charge is 0.0132 e. The van der Waals surface area contributed by atoms with Crippen molar-refractivity contribution >= 4 is 0 Å². The third kappa shape index (κ3) is 5.04. The normalized spacial score (nSPS) is 37.4. The molecular formula is C24H46N2. The van der Waals surface area contributed by atoms with E-state index in [1.807, 2.05) is 0 Å². The van der Waals surface area contributed by atoms with Gasteiger partial charge in [0.15, 0.2) is 0 Å². The molecule has 3 rings (SSSR count). The highest BCUT2D eigenvalue weighted by Crippen LogP contribution is 2.47. The van der Waals surface area contributed by atoms with Crippen molar-refractivity contribution in [2.24, 2.45) is 23.7 Å². The number of hydrogen-bond donors (Lipinski definition) is 2. The second kappa shape index (κ2) is 6.76. The molecule has 0 spiro atoms. The molecule has 3 fully saturated rings. The molecule has 2 N–H and O–H groups in total. The lowest BCUT2D eigenvalue weighted by molar-refractivity contribution is 0.0398. The van der Waals surface area contributed by atoms with Crippen molar-refractivity contribution in [1.29, 1.82) is 0 Å². The standard InChI is InChI=1S/C24H46N2/c1-21(2)13-19(14-22(3,4)25-21)17-9-11-18(12-10-17)20-15-23(5,6)26-24(7,8)16-20/h17-20,25-26H,9-16H2,1-8H3. The highest BCUT2D eigenvalue weighted by molar-refractivity contribution is 5.01. The van der Waals surface area contributed by atoms with Gasteiger partial charge in [0, 0.05) is 22.2 Å². The van der Waals surface area contributed by atoms with Crippen LogP contribution >= 0.6 is 0 Å². The lowest BCUT2D eigenvalue weighted by Gasteiger charge is -2.52. The first kappa shape index (κ1) is 20.6. The SMILES string of the molecule is CC1(C)CC(C2CCC(C3CC(C)(C)NC(C)(C)C3)CC2)CC(C)(C)N1. The Morgan fingerprint density at radius 1 is 0.423 bits per heavy atom. The molecule has 0 aromatic carbocycles. The summed E-state index contributed by atoms with van der Waals surface area (Å²) >= 11 is 0. The van der Waals surface area contributed by atoms with E-state index in [9.17, 15) is 0 Å². The first-order valence-corrected chi connectivity index (χ1v) is 11.3. The molecule has 2 nitrogen and oxygen atoms in total. The lowest BCUT2D eigenvalue weighted by atomic mass is 9.62. The van der Waals surface area contributed by atoms with Crippen LogP contribution in [0.2, 0.25) is 0 Å². The third-order valence-electron chi connectivity index (χ3n) is 7.59. The summed E-state index contributed by atoms with van der Waals surface area (Å²) in [6, 6.07) is 0. The lowest BCUT2D eigenvalue weighted by Crippen LogP contribution is -2.59. The van der Waals surface area contributed by atoms with Crippen molar-refractivity contribution in [3.63, 3.8) is 0 Å². The molecule has 2 heteroatoms. The highest BCUT2D eigenvalue weighted by atomic mass is 15.1. The summed E-state index contributed by atoms with van der Waals surface area (Å²) in [7, 11) is 0. The van der Waals surface area contributed by atoms with Gasteiger partial charge in [0.1, 0.15) is 0 Å². The molecule has 1 saturated carbocycles. The minimum absolute atomic E-state index is 0.298. The molecule has 152 valence electrons. The zero-order valence-electron chi connectivity index (χ0n) is 19.0. The molecule has 0 atom stereocenters. The van der Waals surface area contributed by atoms with Gasteiger partial charge >= 0.3 is 0 Å². The van der Waals surface area contributed by atoms with E-state index in [1.54, 1.807) is 0 Å². The van der Waals surface area contributed by atoms with Gasteiger partial charge in [-0.1, -0.05) is 0 Å². The largest absolute Gasteiger partial charge is 0.307 e. The van der Waals surface area contributed by atoms with Gasteiger partial charge in [-0.15, -0.1) is 0 Å². The van der Waals surface area contributed by atoms with Gasteiger partial charge in [-0.05, 0) is 130 Å². The van der Waals surface area contributed by atoms with E-state index in [2.05, 4.69) is 66.0 Å². The van der Waals surface area contributed by atoms with E-state index in [4.69, 9.17) is 0 Å². The van der Waals surface area contributed by atoms with Gasteiger partial charge in [0.25, 0.3) is 0 Å². The maximum Gasteiger partial charge on any atom is 0.0132 e. The van der Waals surface area contributed by atoms with Gasteiger partial charge in [0.05, 0.1) is 0 Å². The Morgan fingerprint density at radius 3 is 0.885 bits per heavy atom. The fourth-order valence-electron chi connectivity index (χ4n) is 7.56. The summed E-state index contributed by atoms with van der Waals surface area (Å²) in [5, 5.41) is 7.75. The summed E-state index contributed by atoms with van der Waals surface area (Å²) in [6.45, 7) is 19.3. The number of nitrogens with one attached hydrogen (secondary N) is 2. The van der Waals surface area contributed by atoms with Crippen molar-refractivity contribution in [2.75, 3.05) is 0 Å². The molecule has 0 radical (unpaired) electrons. The summed E-state index contributed by atoms with van der Waals surface area (Å²) in [4.78, 5) is 0. The van der Waals surface area contributed by atoms with E-state index < -0.39 is 0 Å². The zero-order valence-corrected chi connectivity index (χ0v) is 19.0. The van der Waals surface area contributed by atoms with E-state index in [0.717, 1.165) is 23.7 Å². The molecule has 0 unspecified atom stereocenters. The Hall–Kier alpha value is -0.0800. The Bertz CT molecular complexity index is 416. The van der Waals surface area contributed by atoms with E-state index in [0.29, 0.717) is 22.2 Å². The van der Waals surface area contributed by atoms with Gasteiger partial charge in [-0.25, -0.2) is 0 Å². The molecule has 0 amide bonds. The Balaban J connectivity index is 1.59. The predicted molar refractivity (Wildman–Crippen MR) is 113 cm³/mol. The van der Waals surface area contributed by atoms with Crippen LogP contribution in [0.1, 0.15) is 107 Å². The van der Waals surface area contributed by atoms with Crippen molar-refractivity contribution in [3.8, 4) is 0 Å². The second-order valence-corrected chi connectivity index (χ2v) is 12.8. The maximum atomic E-state index is 3.87. The summed E-state index contributed by atoms with van der Waals surface area (Å²) in [6.07, 6.45) is 11.4. The number of hydrogen-bond acceptors (Lipinski definition) is 2. The van der Waals surface area contributed by atoms with Crippen molar-refractivity contribution in [1.82, 2.24) is 10.6 Å². The average Bonchev–Trinajstić information content (AvgIpc) is 2.41. The summed E-state index contributed by atoms with van der Waals surface area (Å²) in [5.74, 6) is 3.77.